The Morgan fingerprint density at radius 2 is 1.76 bits per heavy atom. The first kappa shape index (κ1) is 26.1. The molecule has 0 fully saturated rings. The van der Waals surface area contributed by atoms with Crippen LogP contribution in [0, 0.1) is 13.8 Å². The van der Waals surface area contributed by atoms with Gasteiger partial charge in [-0.1, -0.05) is 65.7 Å². The number of hydrogen-bond donors (Lipinski definition) is 1. The van der Waals surface area contributed by atoms with E-state index in [0.717, 1.165) is 27.8 Å². The Labute approximate surface area is 211 Å². The Morgan fingerprint density at radius 1 is 1.00 bits per heavy atom. The van der Waals surface area contributed by atoms with Gasteiger partial charge in [-0.25, -0.2) is 8.42 Å². The molecule has 34 heavy (non-hydrogen) atoms. The summed E-state index contributed by atoms with van der Waals surface area (Å²) >= 11 is 8.06. The number of amides is 1. The van der Waals surface area contributed by atoms with Crippen molar-refractivity contribution >= 4 is 45.0 Å². The molecule has 3 aromatic carbocycles. The SMILES string of the molecule is Cc1cccc(CSCCCNC(=O)CN(c2ccc(C)c(Cl)c2)S(=O)(=O)c2ccccc2)c1. The maximum Gasteiger partial charge on any atom is 0.264 e. The van der Waals surface area contributed by atoms with E-state index in [1.54, 1.807) is 36.4 Å². The number of aryl methyl sites for hydroxylation is 2. The number of rotatable bonds is 11. The van der Waals surface area contributed by atoms with E-state index >= 15 is 0 Å². The minimum absolute atomic E-state index is 0.118. The molecule has 0 saturated carbocycles. The predicted molar refractivity (Wildman–Crippen MR) is 142 cm³/mol. The fraction of sp³-hybridized carbons (Fsp3) is 0.269. The van der Waals surface area contributed by atoms with Gasteiger partial charge in [0.25, 0.3) is 10.0 Å². The van der Waals surface area contributed by atoms with E-state index in [1.165, 1.54) is 23.3 Å². The van der Waals surface area contributed by atoms with Gasteiger partial charge in [-0.2, -0.15) is 11.8 Å². The van der Waals surface area contributed by atoms with Gasteiger partial charge in [-0.3, -0.25) is 9.10 Å². The zero-order valence-electron chi connectivity index (χ0n) is 19.3. The molecule has 0 bridgehead atoms. The summed E-state index contributed by atoms with van der Waals surface area (Å²) in [4.78, 5) is 12.8. The summed E-state index contributed by atoms with van der Waals surface area (Å²) in [5.41, 5.74) is 3.71. The van der Waals surface area contributed by atoms with Crippen molar-refractivity contribution in [1.29, 1.82) is 0 Å². The number of sulfonamides is 1. The van der Waals surface area contributed by atoms with Crippen molar-refractivity contribution in [3.8, 4) is 0 Å². The maximum absolute atomic E-state index is 13.3. The first-order valence-electron chi connectivity index (χ1n) is 11.0. The van der Waals surface area contributed by atoms with Crippen LogP contribution >= 0.6 is 23.4 Å². The highest BCUT2D eigenvalue weighted by Gasteiger charge is 2.27. The number of nitrogens with zero attached hydrogens (tertiary/aromatic N) is 1. The van der Waals surface area contributed by atoms with Gasteiger partial charge in [-0.05, 0) is 61.4 Å². The zero-order valence-corrected chi connectivity index (χ0v) is 21.7. The van der Waals surface area contributed by atoms with Crippen molar-refractivity contribution in [3.63, 3.8) is 0 Å². The van der Waals surface area contributed by atoms with Crippen LogP contribution in [0.4, 0.5) is 5.69 Å². The minimum Gasteiger partial charge on any atom is -0.354 e. The second kappa shape index (κ2) is 12.3. The van der Waals surface area contributed by atoms with Gasteiger partial charge in [-0.15, -0.1) is 0 Å². The van der Waals surface area contributed by atoms with Crippen molar-refractivity contribution in [2.45, 2.75) is 30.9 Å². The van der Waals surface area contributed by atoms with Crippen molar-refractivity contribution < 1.29 is 13.2 Å². The number of anilines is 1. The lowest BCUT2D eigenvalue weighted by Gasteiger charge is -2.24. The van der Waals surface area contributed by atoms with Crippen LogP contribution in [0.25, 0.3) is 0 Å². The molecule has 3 rings (SSSR count). The molecule has 0 spiro atoms. The number of nitrogens with one attached hydrogen (secondary N) is 1. The normalized spacial score (nSPS) is 11.3. The lowest BCUT2D eigenvalue weighted by Crippen LogP contribution is -2.41. The highest BCUT2D eigenvalue weighted by molar-refractivity contribution is 7.98. The maximum atomic E-state index is 13.3. The summed E-state index contributed by atoms with van der Waals surface area (Å²) in [5.74, 6) is 1.46. The molecule has 5 nitrogen and oxygen atoms in total. The Kier molecular flexibility index (Phi) is 9.45. The van der Waals surface area contributed by atoms with E-state index < -0.39 is 10.0 Å². The second-order valence-electron chi connectivity index (χ2n) is 8.00. The smallest absolute Gasteiger partial charge is 0.264 e. The van der Waals surface area contributed by atoms with Gasteiger partial charge in [0, 0.05) is 17.3 Å². The number of benzene rings is 3. The van der Waals surface area contributed by atoms with Crippen molar-refractivity contribution in [1.82, 2.24) is 5.32 Å². The molecule has 0 aliphatic rings. The third-order valence-electron chi connectivity index (χ3n) is 5.20. The van der Waals surface area contributed by atoms with Crippen LogP contribution in [-0.2, 0) is 20.6 Å². The summed E-state index contributed by atoms with van der Waals surface area (Å²) < 4.78 is 27.8. The molecule has 0 radical (unpaired) electrons. The van der Waals surface area contributed by atoms with E-state index in [-0.39, 0.29) is 17.3 Å². The van der Waals surface area contributed by atoms with Gasteiger partial charge < -0.3 is 5.32 Å². The molecule has 1 N–H and O–H groups in total. The fourth-order valence-corrected chi connectivity index (χ4v) is 5.87. The molecule has 0 heterocycles. The summed E-state index contributed by atoms with van der Waals surface area (Å²) in [7, 11) is -3.94. The average Bonchev–Trinajstić information content (AvgIpc) is 2.82. The van der Waals surface area contributed by atoms with E-state index in [1.807, 2.05) is 18.7 Å². The fourth-order valence-electron chi connectivity index (χ4n) is 3.35. The molecular weight excluding hydrogens is 488 g/mol. The quantitative estimate of drug-likeness (QED) is 0.337. The Balaban J connectivity index is 1.59. The number of carbonyl (C=O) groups is 1. The van der Waals surface area contributed by atoms with Crippen molar-refractivity contribution in [3.05, 3.63) is 94.5 Å². The zero-order chi connectivity index (χ0) is 24.6. The van der Waals surface area contributed by atoms with Crippen molar-refractivity contribution in [2.24, 2.45) is 0 Å². The van der Waals surface area contributed by atoms with Crippen LogP contribution in [0.5, 0.6) is 0 Å². The van der Waals surface area contributed by atoms with Gasteiger partial charge in [0.1, 0.15) is 6.54 Å². The topological polar surface area (TPSA) is 66.5 Å². The molecular formula is C26H29ClN2O3S2. The van der Waals surface area contributed by atoms with Crippen LogP contribution in [0.2, 0.25) is 5.02 Å². The van der Waals surface area contributed by atoms with Gasteiger partial charge in [0.05, 0.1) is 10.6 Å². The highest BCUT2D eigenvalue weighted by Crippen LogP contribution is 2.28. The first-order chi connectivity index (χ1) is 16.3. The molecule has 0 aliphatic heterocycles. The third kappa shape index (κ3) is 7.26. The standard InChI is InChI=1S/C26H29ClN2O3S2/c1-20-8-6-9-22(16-20)19-33-15-7-14-28-26(30)18-29(23-13-12-21(2)25(27)17-23)34(31,32)24-10-4-3-5-11-24/h3-6,8-13,16-17H,7,14-15,18-19H2,1-2H3,(H,28,30). The molecule has 0 aliphatic carbocycles. The molecule has 0 atom stereocenters. The second-order valence-corrected chi connectivity index (χ2v) is 11.4. The monoisotopic (exact) mass is 516 g/mol. The Bertz CT molecular complexity index is 1220. The lowest BCUT2D eigenvalue weighted by molar-refractivity contribution is -0.119. The molecule has 3 aromatic rings. The molecule has 1 amide bonds. The largest absolute Gasteiger partial charge is 0.354 e. The highest BCUT2D eigenvalue weighted by atomic mass is 35.5. The molecule has 0 aromatic heterocycles. The summed E-state index contributed by atoms with van der Waals surface area (Å²) in [6, 6.07) is 21.5. The van der Waals surface area contributed by atoms with Crippen LogP contribution in [0.15, 0.2) is 77.7 Å². The van der Waals surface area contributed by atoms with Crippen LogP contribution in [-0.4, -0.2) is 33.2 Å². The summed E-state index contributed by atoms with van der Waals surface area (Å²) in [5, 5.41) is 3.29. The van der Waals surface area contributed by atoms with Crippen LogP contribution in [0.3, 0.4) is 0 Å². The summed E-state index contributed by atoms with van der Waals surface area (Å²) in [6.45, 7) is 4.07. The number of halogens is 1. The van der Waals surface area contributed by atoms with E-state index in [9.17, 15) is 13.2 Å². The van der Waals surface area contributed by atoms with E-state index in [2.05, 4.69) is 36.5 Å². The van der Waals surface area contributed by atoms with E-state index in [0.29, 0.717) is 17.3 Å². The minimum atomic E-state index is -3.94. The van der Waals surface area contributed by atoms with Gasteiger partial charge >= 0.3 is 0 Å². The van der Waals surface area contributed by atoms with Crippen LogP contribution < -0.4 is 9.62 Å². The van der Waals surface area contributed by atoms with Crippen LogP contribution in [0.1, 0.15) is 23.1 Å². The van der Waals surface area contributed by atoms with E-state index in [4.69, 9.17) is 11.6 Å². The average molecular weight is 517 g/mol. The number of hydrogen-bond acceptors (Lipinski definition) is 4. The molecule has 8 heteroatoms. The number of thioether (sulfide) groups is 1. The summed E-state index contributed by atoms with van der Waals surface area (Å²) in [6.07, 6.45) is 0.796. The molecule has 180 valence electrons. The molecule has 0 unspecified atom stereocenters. The Hall–Kier alpha value is -2.48. The van der Waals surface area contributed by atoms with Gasteiger partial charge in [0.2, 0.25) is 5.91 Å². The van der Waals surface area contributed by atoms with Crippen molar-refractivity contribution in [2.75, 3.05) is 23.1 Å². The van der Waals surface area contributed by atoms with Gasteiger partial charge in [0.15, 0.2) is 0 Å². The third-order valence-corrected chi connectivity index (χ3v) is 8.51. The molecule has 0 saturated heterocycles. The lowest BCUT2D eigenvalue weighted by atomic mass is 10.2. The predicted octanol–water partition coefficient (Wildman–Crippen LogP) is 5.59. The first-order valence-corrected chi connectivity index (χ1v) is 14.0. The number of carbonyl (C=O) groups excluding carboxylic acids is 1. The Morgan fingerprint density at radius 3 is 2.47 bits per heavy atom.